The van der Waals surface area contributed by atoms with Gasteiger partial charge < -0.3 is 15.3 Å². The van der Waals surface area contributed by atoms with Crippen LogP contribution in [0.2, 0.25) is 0 Å². The molecule has 0 saturated heterocycles. The number of phenols is 1. The fourth-order valence-electron chi connectivity index (χ4n) is 7.96. The van der Waals surface area contributed by atoms with E-state index in [4.69, 9.17) is 0 Å². The summed E-state index contributed by atoms with van der Waals surface area (Å²) < 4.78 is 0. The summed E-state index contributed by atoms with van der Waals surface area (Å²) in [5, 5.41) is 35.5. The van der Waals surface area contributed by atoms with Crippen LogP contribution in [0.5, 0.6) is 5.75 Å². The van der Waals surface area contributed by atoms with Gasteiger partial charge in [-0.05, 0) is 81.2 Å². The maximum Gasteiger partial charge on any atom is 0.206 e. The number of aromatic hydroxyl groups is 1. The first kappa shape index (κ1) is 28.0. The van der Waals surface area contributed by atoms with Crippen molar-refractivity contribution in [1.29, 1.82) is 0 Å². The number of ketones is 3. The van der Waals surface area contributed by atoms with Crippen molar-refractivity contribution in [3.05, 3.63) is 68.8 Å². The van der Waals surface area contributed by atoms with Crippen LogP contribution in [0.3, 0.4) is 0 Å². The van der Waals surface area contributed by atoms with Gasteiger partial charge in [-0.15, -0.1) is 0 Å². The number of Topliss-reactive ketones (excluding diaryl/α,β-unsaturated/α-hetero) is 3. The van der Waals surface area contributed by atoms with Gasteiger partial charge in [0.2, 0.25) is 11.6 Å². The lowest BCUT2D eigenvalue weighted by molar-refractivity contribution is -0.171. The second-order valence-electron chi connectivity index (χ2n) is 13.1. The first-order valence-electron chi connectivity index (χ1n) is 13.9. The zero-order chi connectivity index (χ0) is 29.7. The Balaban J connectivity index is 1.81. The highest BCUT2D eigenvalue weighted by molar-refractivity contribution is 6.33. The molecule has 0 aromatic heterocycles. The molecule has 0 heterocycles. The molecule has 1 saturated carbocycles. The van der Waals surface area contributed by atoms with Gasteiger partial charge in [0.05, 0.1) is 11.1 Å². The Morgan fingerprint density at radius 1 is 0.950 bits per heavy atom. The molecule has 5 rings (SSSR count). The average Bonchev–Trinajstić information content (AvgIpc) is 2.81. The molecule has 0 spiro atoms. The highest BCUT2D eigenvalue weighted by atomic mass is 16.3. The van der Waals surface area contributed by atoms with Crippen LogP contribution in [0.15, 0.2) is 41.0 Å². The molecule has 210 valence electrons. The molecule has 2 aromatic carbocycles. The van der Waals surface area contributed by atoms with Crippen molar-refractivity contribution in [3.63, 3.8) is 0 Å². The smallest absolute Gasteiger partial charge is 0.206 e. The number of carbonyl (C=O) groups excluding carboxylic acids is 3. The molecule has 1 fully saturated rings. The molecule has 3 N–H and O–H groups in total. The van der Waals surface area contributed by atoms with Gasteiger partial charge in [0.1, 0.15) is 11.5 Å². The number of aryl methyl sites for hydroxylation is 2. The Hall–Kier alpha value is -3.51. The van der Waals surface area contributed by atoms with Crippen LogP contribution in [-0.2, 0) is 20.8 Å². The predicted octanol–water partition coefficient (Wildman–Crippen LogP) is 6.22. The van der Waals surface area contributed by atoms with E-state index in [9.17, 15) is 29.7 Å². The lowest BCUT2D eigenvalue weighted by atomic mass is 9.46. The summed E-state index contributed by atoms with van der Waals surface area (Å²) in [6.45, 7) is 14.6. The predicted molar refractivity (Wildman–Crippen MR) is 154 cm³/mol. The lowest BCUT2D eigenvalue weighted by Crippen LogP contribution is -2.67. The van der Waals surface area contributed by atoms with Crippen LogP contribution >= 0.6 is 0 Å². The van der Waals surface area contributed by atoms with Gasteiger partial charge in [0, 0.05) is 22.0 Å². The molecule has 0 bridgehead atoms. The number of allylic oxidation sites excluding steroid dienone is 1. The van der Waals surface area contributed by atoms with Crippen molar-refractivity contribution in [3.8, 4) is 16.9 Å². The zero-order valence-electron chi connectivity index (χ0n) is 24.6. The lowest BCUT2D eigenvalue weighted by Gasteiger charge is -2.56. The molecule has 3 atom stereocenters. The van der Waals surface area contributed by atoms with Gasteiger partial charge in [0.15, 0.2) is 11.4 Å². The van der Waals surface area contributed by atoms with E-state index in [1.807, 2.05) is 45.0 Å². The van der Waals surface area contributed by atoms with E-state index in [-0.39, 0.29) is 41.2 Å². The van der Waals surface area contributed by atoms with Crippen LogP contribution in [0.1, 0.15) is 88.1 Å². The van der Waals surface area contributed by atoms with E-state index < -0.39 is 39.5 Å². The maximum absolute atomic E-state index is 14.3. The van der Waals surface area contributed by atoms with Crippen LogP contribution in [0.4, 0.5) is 0 Å². The van der Waals surface area contributed by atoms with E-state index in [0.29, 0.717) is 17.6 Å². The fourth-order valence-corrected chi connectivity index (χ4v) is 7.96. The second kappa shape index (κ2) is 8.74. The average molecular weight is 543 g/mol. The number of aliphatic hydroxyl groups excluding tert-OH is 1. The third kappa shape index (κ3) is 3.54. The molecule has 3 aliphatic rings. The molecule has 0 unspecified atom stereocenters. The normalized spacial score (nSPS) is 28.1. The number of fused-ring (bicyclic) bond motifs is 3. The van der Waals surface area contributed by atoms with E-state index >= 15 is 0 Å². The number of carbonyl (C=O) groups is 3. The summed E-state index contributed by atoms with van der Waals surface area (Å²) in [5.41, 5.74) is 1.12. The molecule has 3 aliphatic carbocycles. The number of hydrogen-bond acceptors (Lipinski definition) is 6. The van der Waals surface area contributed by atoms with Gasteiger partial charge in [0.25, 0.3) is 0 Å². The van der Waals surface area contributed by atoms with Crippen molar-refractivity contribution >= 4 is 23.1 Å². The molecular weight excluding hydrogens is 504 g/mol. The van der Waals surface area contributed by atoms with E-state index in [1.165, 1.54) is 6.92 Å². The minimum atomic E-state index is -2.49. The van der Waals surface area contributed by atoms with Gasteiger partial charge in [-0.25, -0.2) is 0 Å². The molecule has 40 heavy (non-hydrogen) atoms. The standard InChI is InChI=1S/C34H38O6/c1-16(2)22-12-23(21-10-9-17(3)11-18(21)4)28(36)26-24(22)14-32(7)15-33(8)13-19(5)25(20(6)35)30(38)34(33,40)31(39)27(32)29(26)37/h9-12,16,36-37,40H,13-15H2,1-8H3/t32-,33+,34+/m1/s1. The van der Waals surface area contributed by atoms with Crippen LogP contribution < -0.4 is 0 Å². The van der Waals surface area contributed by atoms with Crippen LogP contribution in [0.25, 0.3) is 16.9 Å². The number of hydrogen-bond donors (Lipinski definition) is 3. The van der Waals surface area contributed by atoms with Crippen molar-refractivity contribution in [2.24, 2.45) is 10.8 Å². The molecule has 0 aliphatic heterocycles. The summed E-state index contributed by atoms with van der Waals surface area (Å²) >= 11 is 0. The molecule has 2 aromatic rings. The van der Waals surface area contributed by atoms with E-state index in [1.54, 1.807) is 13.8 Å². The Morgan fingerprint density at radius 2 is 1.60 bits per heavy atom. The van der Waals surface area contributed by atoms with E-state index in [2.05, 4.69) is 13.8 Å². The number of rotatable bonds is 3. The quantitative estimate of drug-likeness (QED) is 0.314. The molecule has 6 heteroatoms. The van der Waals surface area contributed by atoms with Gasteiger partial charge >= 0.3 is 0 Å². The topological polar surface area (TPSA) is 112 Å². The second-order valence-corrected chi connectivity index (χ2v) is 13.1. The largest absolute Gasteiger partial charge is 0.507 e. The summed E-state index contributed by atoms with van der Waals surface area (Å²) in [6.07, 6.45) is 0.802. The minimum Gasteiger partial charge on any atom is -0.507 e. The first-order valence-corrected chi connectivity index (χ1v) is 13.9. The number of benzene rings is 2. The number of phenolic OH excluding ortho intramolecular Hbond substituents is 1. The number of aliphatic hydroxyl groups is 2. The van der Waals surface area contributed by atoms with Crippen LogP contribution in [-0.4, -0.2) is 38.3 Å². The summed E-state index contributed by atoms with van der Waals surface area (Å²) in [4.78, 5) is 40.4. The first-order chi connectivity index (χ1) is 18.5. The maximum atomic E-state index is 14.3. The highest BCUT2D eigenvalue weighted by Gasteiger charge is 2.69. The molecular formula is C34H38O6. The monoisotopic (exact) mass is 542 g/mol. The SMILES string of the molecule is CC(=O)C1=C(C)C[C@@]2(C)C[C@@]3(C)Cc4c(C(C)C)cc(-c5ccc(C)cc5C)c(O)c4C(O)=C3C(=O)[C@@]2(O)C1=O. The van der Waals surface area contributed by atoms with E-state index in [0.717, 1.165) is 27.8 Å². The minimum absolute atomic E-state index is 0.0569. The van der Waals surface area contributed by atoms with Gasteiger partial charge in [-0.1, -0.05) is 57.0 Å². The Kier molecular flexibility index (Phi) is 6.13. The van der Waals surface area contributed by atoms with Crippen molar-refractivity contribution in [1.82, 2.24) is 0 Å². The van der Waals surface area contributed by atoms with Crippen LogP contribution in [0, 0.1) is 24.7 Å². The third-order valence-corrected chi connectivity index (χ3v) is 9.58. The zero-order valence-corrected chi connectivity index (χ0v) is 24.6. The Bertz CT molecular complexity index is 1600. The van der Waals surface area contributed by atoms with Crippen molar-refractivity contribution in [2.75, 3.05) is 0 Å². The van der Waals surface area contributed by atoms with Crippen molar-refractivity contribution < 1.29 is 29.7 Å². The Labute approximate surface area is 235 Å². The highest BCUT2D eigenvalue weighted by Crippen LogP contribution is 2.63. The summed E-state index contributed by atoms with van der Waals surface area (Å²) in [7, 11) is 0. The van der Waals surface area contributed by atoms with Gasteiger partial charge in [-0.3, -0.25) is 14.4 Å². The summed E-state index contributed by atoms with van der Waals surface area (Å²) in [6, 6.07) is 7.91. The Morgan fingerprint density at radius 3 is 2.17 bits per heavy atom. The molecule has 0 radical (unpaired) electrons. The fraction of sp³-hybridized carbons (Fsp3) is 0.441. The van der Waals surface area contributed by atoms with Gasteiger partial charge in [-0.2, -0.15) is 0 Å². The summed E-state index contributed by atoms with van der Waals surface area (Å²) in [5.74, 6) is -2.77. The third-order valence-electron chi connectivity index (χ3n) is 9.58. The molecule has 6 nitrogen and oxygen atoms in total. The molecule has 0 amide bonds. The van der Waals surface area contributed by atoms with Crippen molar-refractivity contribution in [2.45, 2.75) is 86.2 Å².